The van der Waals surface area contributed by atoms with E-state index in [2.05, 4.69) is 20.3 Å². The summed E-state index contributed by atoms with van der Waals surface area (Å²) in [5, 5.41) is 5.39. The second-order valence-corrected chi connectivity index (χ2v) is 7.75. The summed E-state index contributed by atoms with van der Waals surface area (Å²) in [6, 6.07) is 9.36. The molecule has 2 amide bonds. The van der Waals surface area contributed by atoms with Crippen molar-refractivity contribution >= 4 is 21.7 Å². The molecule has 0 unspecified atom stereocenters. The van der Waals surface area contributed by atoms with E-state index in [0.29, 0.717) is 24.7 Å². The molecule has 1 saturated carbocycles. The molecule has 1 fully saturated rings. The molecule has 132 valence electrons. The first-order valence-electron chi connectivity index (χ1n) is 8.06. The molecule has 0 saturated heterocycles. The van der Waals surface area contributed by atoms with Crippen molar-refractivity contribution in [1.29, 1.82) is 0 Å². The molecule has 1 aromatic heterocycles. The lowest BCUT2D eigenvalue weighted by Gasteiger charge is -2.09. The zero-order chi connectivity index (χ0) is 17.7. The highest BCUT2D eigenvalue weighted by Crippen LogP contribution is 2.28. The maximum Gasteiger partial charge on any atom is 0.319 e. The minimum absolute atomic E-state index is 0.191. The summed E-state index contributed by atoms with van der Waals surface area (Å²) in [4.78, 5) is 16.0. The van der Waals surface area contributed by atoms with E-state index in [1.54, 1.807) is 24.5 Å². The van der Waals surface area contributed by atoms with E-state index in [1.165, 1.54) is 12.1 Å². The Labute approximate surface area is 146 Å². The van der Waals surface area contributed by atoms with Crippen molar-refractivity contribution in [2.45, 2.75) is 24.3 Å². The van der Waals surface area contributed by atoms with Crippen LogP contribution in [0.4, 0.5) is 10.5 Å². The van der Waals surface area contributed by atoms with Crippen molar-refractivity contribution in [1.82, 2.24) is 15.0 Å². The summed E-state index contributed by atoms with van der Waals surface area (Å²) < 4.78 is 26.9. The van der Waals surface area contributed by atoms with Gasteiger partial charge in [-0.2, -0.15) is 0 Å². The fourth-order valence-corrected chi connectivity index (χ4v) is 3.32. The summed E-state index contributed by atoms with van der Waals surface area (Å²) in [5.74, 6) is 0.472. The van der Waals surface area contributed by atoms with Crippen molar-refractivity contribution < 1.29 is 13.2 Å². The number of amides is 2. The van der Waals surface area contributed by atoms with Gasteiger partial charge in [0, 0.05) is 31.2 Å². The molecule has 0 radical (unpaired) electrons. The van der Waals surface area contributed by atoms with Gasteiger partial charge in [0.15, 0.2) is 0 Å². The van der Waals surface area contributed by atoms with Crippen LogP contribution in [0.3, 0.4) is 0 Å². The second-order valence-electron chi connectivity index (χ2n) is 5.98. The third-order valence-corrected chi connectivity index (χ3v) is 5.32. The number of pyridine rings is 1. The van der Waals surface area contributed by atoms with Crippen molar-refractivity contribution in [2.24, 2.45) is 5.92 Å². The van der Waals surface area contributed by atoms with E-state index in [9.17, 15) is 13.2 Å². The molecular formula is C17H20N4O3S. The number of urea groups is 1. The van der Waals surface area contributed by atoms with Gasteiger partial charge in [0.2, 0.25) is 10.0 Å². The Hall–Kier alpha value is -2.45. The molecular weight excluding hydrogens is 340 g/mol. The number of rotatable bonds is 7. The molecule has 7 nitrogen and oxygen atoms in total. The number of benzene rings is 1. The predicted octanol–water partition coefficient (Wildman–Crippen LogP) is 2.09. The summed E-state index contributed by atoms with van der Waals surface area (Å²) in [6.45, 7) is 0.867. The van der Waals surface area contributed by atoms with Crippen LogP contribution in [-0.4, -0.2) is 26.0 Å². The Bertz CT molecular complexity index is 819. The average molecular weight is 360 g/mol. The van der Waals surface area contributed by atoms with Gasteiger partial charge in [-0.05, 0) is 60.7 Å². The third-order valence-electron chi connectivity index (χ3n) is 3.88. The van der Waals surface area contributed by atoms with Crippen LogP contribution >= 0.6 is 0 Å². The smallest absolute Gasteiger partial charge is 0.319 e. The second kappa shape index (κ2) is 7.62. The van der Waals surface area contributed by atoms with Crippen LogP contribution in [0.15, 0.2) is 53.7 Å². The lowest BCUT2D eigenvalue weighted by molar-refractivity contribution is 0.251. The molecule has 1 aromatic carbocycles. The molecule has 0 atom stereocenters. The summed E-state index contributed by atoms with van der Waals surface area (Å²) in [6.07, 6.45) is 5.48. The van der Waals surface area contributed by atoms with Gasteiger partial charge in [-0.25, -0.2) is 17.9 Å². The Balaban J connectivity index is 1.52. The largest absolute Gasteiger partial charge is 0.334 e. The van der Waals surface area contributed by atoms with Crippen LogP contribution in [0, 0.1) is 5.92 Å². The number of anilines is 1. The first-order valence-corrected chi connectivity index (χ1v) is 9.55. The van der Waals surface area contributed by atoms with Gasteiger partial charge in [0.1, 0.15) is 0 Å². The van der Waals surface area contributed by atoms with Crippen LogP contribution in [0.5, 0.6) is 0 Å². The topological polar surface area (TPSA) is 100 Å². The van der Waals surface area contributed by atoms with Crippen molar-refractivity contribution in [3.05, 3.63) is 54.4 Å². The molecule has 1 aliphatic rings. The molecule has 3 rings (SSSR count). The fraction of sp³-hybridized carbons (Fsp3) is 0.294. The number of nitrogens with one attached hydrogen (secondary N) is 3. The SMILES string of the molecule is O=C(NCc1ccncc1)Nc1ccc(S(=O)(=O)NCC2CC2)cc1. The summed E-state index contributed by atoms with van der Waals surface area (Å²) in [5.41, 5.74) is 1.46. The maximum atomic E-state index is 12.1. The molecule has 25 heavy (non-hydrogen) atoms. The maximum absolute atomic E-state index is 12.1. The van der Waals surface area contributed by atoms with E-state index in [-0.39, 0.29) is 10.9 Å². The van der Waals surface area contributed by atoms with E-state index < -0.39 is 10.0 Å². The van der Waals surface area contributed by atoms with E-state index >= 15 is 0 Å². The van der Waals surface area contributed by atoms with Crippen molar-refractivity contribution in [3.63, 3.8) is 0 Å². The number of sulfonamides is 1. The number of carbonyl (C=O) groups is 1. The molecule has 0 bridgehead atoms. The Kier molecular flexibility index (Phi) is 5.30. The highest BCUT2D eigenvalue weighted by Gasteiger charge is 2.24. The highest BCUT2D eigenvalue weighted by molar-refractivity contribution is 7.89. The lowest BCUT2D eigenvalue weighted by Crippen LogP contribution is -2.28. The van der Waals surface area contributed by atoms with Gasteiger partial charge >= 0.3 is 6.03 Å². The number of hydrogen-bond donors (Lipinski definition) is 3. The number of aromatic nitrogens is 1. The number of carbonyl (C=O) groups excluding carboxylic acids is 1. The number of hydrogen-bond acceptors (Lipinski definition) is 4. The lowest BCUT2D eigenvalue weighted by atomic mass is 10.3. The highest BCUT2D eigenvalue weighted by atomic mass is 32.2. The van der Waals surface area contributed by atoms with Crippen LogP contribution in [0.25, 0.3) is 0 Å². The summed E-state index contributed by atoms with van der Waals surface area (Å²) >= 11 is 0. The fourth-order valence-electron chi connectivity index (χ4n) is 2.21. The first-order chi connectivity index (χ1) is 12.0. The predicted molar refractivity (Wildman–Crippen MR) is 94.4 cm³/mol. The van der Waals surface area contributed by atoms with Gasteiger partial charge in [-0.15, -0.1) is 0 Å². The standard InChI is InChI=1S/C17H20N4O3S/c22-17(19-11-14-7-9-18-10-8-14)21-15-3-5-16(6-4-15)25(23,24)20-12-13-1-2-13/h3-10,13,20H,1-2,11-12H2,(H2,19,21,22). The molecule has 1 aliphatic carbocycles. The van der Waals surface area contributed by atoms with Gasteiger partial charge < -0.3 is 10.6 Å². The van der Waals surface area contributed by atoms with Crippen LogP contribution in [0.1, 0.15) is 18.4 Å². The molecule has 0 spiro atoms. The third kappa shape index (κ3) is 5.27. The zero-order valence-electron chi connectivity index (χ0n) is 13.6. The van der Waals surface area contributed by atoms with Gasteiger partial charge in [0.25, 0.3) is 0 Å². The average Bonchev–Trinajstić information content (AvgIpc) is 3.44. The Morgan fingerprint density at radius 1 is 1.08 bits per heavy atom. The molecule has 1 heterocycles. The molecule has 3 N–H and O–H groups in total. The van der Waals surface area contributed by atoms with E-state index in [4.69, 9.17) is 0 Å². The normalized spacial score (nSPS) is 14.1. The van der Waals surface area contributed by atoms with Gasteiger partial charge in [-0.1, -0.05) is 0 Å². The quantitative estimate of drug-likeness (QED) is 0.704. The Morgan fingerprint density at radius 2 is 1.76 bits per heavy atom. The minimum Gasteiger partial charge on any atom is -0.334 e. The zero-order valence-corrected chi connectivity index (χ0v) is 14.4. The Morgan fingerprint density at radius 3 is 2.40 bits per heavy atom. The van der Waals surface area contributed by atoms with E-state index in [1.807, 2.05) is 12.1 Å². The van der Waals surface area contributed by atoms with E-state index in [0.717, 1.165) is 18.4 Å². The minimum atomic E-state index is -3.49. The molecule has 8 heteroatoms. The van der Waals surface area contributed by atoms with Crippen LogP contribution < -0.4 is 15.4 Å². The number of nitrogens with zero attached hydrogens (tertiary/aromatic N) is 1. The molecule has 2 aromatic rings. The van der Waals surface area contributed by atoms with Crippen molar-refractivity contribution in [3.8, 4) is 0 Å². The summed E-state index contributed by atoms with van der Waals surface area (Å²) in [7, 11) is -3.49. The van der Waals surface area contributed by atoms with Gasteiger partial charge in [0.05, 0.1) is 4.90 Å². The first kappa shape index (κ1) is 17.4. The monoisotopic (exact) mass is 360 g/mol. The van der Waals surface area contributed by atoms with Gasteiger partial charge in [-0.3, -0.25) is 4.98 Å². The van der Waals surface area contributed by atoms with Crippen LogP contribution in [0.2, 0.25) is 0 Å². The van der Waals surface area contributed by atoms with Crippen LogP contribution in [-0.2, 0) is 16.6 Å². The van der Waals surface area contributed by atoms with Crippen molar-refractivity contribution in [2.75, 3.05) is 11.9 Å². The molecule has 0 aliphatic heterocycles.